The van der Waals surface area contributed by atoms with Crippen molar-refractivity contribution < 1.29 is 9.53 Å². The molecule has 1 atom stereocenters. The Balaban J connectivity index is 4.00. The molecule has 13 heavy (non-hydrogen) atoms. The van der Waals surface area contributed by atoms with Gasteiger partial charge >= 0.3 is 5.97 Å². The van der Waals surface area contributed by atoms with Crippen LogP contribution in [0.5, 0.6) is 0 Å². The Morgan fingerprint density at radius 3 is 2.38 bits per heavy atom. The Bertz CT molecular complexity index is 216. The van der Waals surface area contributed by atoms with Crippen LogP contribution in [0.3, 0.4) is 0 Å². The smallest absolute Gasteiger partial charge is 0.333 e. The van der Waals surface area contributed by atoms with Crippen LogP contribution in [0, 0.1) is 5.92 Å². The molecule has 0 fully saturated rings. The average molecular weight is 182 g/mol. The summed E-state index contributed by atoms with van der Waals surface area (Å²) in [6.07, 6.45) is 0.633. The van der Waals surface area contributed by atoms with Crippen LogP contribution in [0.2, 0.25) is 0 Å². The minimum absolute atomic E-state index is 0.289. The van der Waals surface area contributed by atoms with E-state index in [4.69, 9.17) is 4.74 Å². The predicted molar refractivity (Wildman–Crippen MR) is 54.4 cm³/mol. The summed E-state index contributed by atoms with van der Waals surface area (Å²) in [7, 11) is 0. The molecule has 0 rings (SSSR count). The molecule has 0 heterocycles. The molecule has 0 aromatic heterocycles. The first-order valence-electron chi connectivity index (χ1n) is 4.49. The first-order valence-corrected chi connectivity index (χ1v) is 4.49. The van der Waals surface area contributed by atoms with Gasteiger partial charge in [-0.2, -0.15) is 0 Å². The van der Waals surface area contributed by atoms with Gasteiger partial charge in [0.1, 0.15) is 0 Å². The Hall–Kier alpha value is -1.05. The minimum atomic E-state index is -0.296. The number of hydrogen-bond donors (Lipinski definition) is 0. The zero-order valence-corrected chi connectivity index (χ0v) is 8.72. The van der Waals surface area contributed by atoms with Crippen LogP contribution in [0.25, 0.3) is 0 Å². The lowest BCUT2D eigenvalue weighted by Crippen LogP contribution is -2.09. The molecule has 1 unspecified atom stereocenters. The van der Waals surface area contributed by atoms with Crippen molar-refractivity contribution in [2.75, 3.05) is 6.61 Å². The highest BCUT2D eigenvalue weighted by Gasteiger charge is 2.12. The van der Waals surface area contributed by atoms with Crippen LogP contribution in [0.4, 0.5) is 0 Å². The van der Waals surface area contributed by atoms with Gasteiger partial charge in [0, 0.05) is 5.57 Å². The van der Waals surface area contributed by atoms with Crippen molar-refractivity contribution in [3.05, 3.63) is 24.3 Å². The van der Waals surface area contributed by atoms with E-state index in [0.29, 0.717) is 18.6 Å². The number of hydrogen-bond acceptors (Lipinski definition) is 2. The second kappa shape index (κ2) is 5.57. The van der Waals surface area contributed by atoms with Gasteiger partial charge in [-0.15, -0.1) is 0 Å². The molecule has 0 spiro atoms. The zero-order chi connectivity index (χ0) is 10.4. The fourth-order valence-electron chi connectivity index (χ4n) is 0.860. The van der Waals surface area contributed by atoms with E-state index in [1.54, 1.807) is 6.92 Å². The molecule has 2 nitrogen and oxygen atoms in total. The van der Waals surface area contributed by atoms with Gasteiger partial charge in [0.05, 0.1) is 6.61 Å². The lowest BCUT2D eigenvalue weighted by Gasteiger charge is -2.11. The van der Waals surface area contributed by atoms with Crippen LogP contribution in [0.15, 0.2) is 24.3 Å². The molecule has 0 saturated carbocycles. The van der Waals surface area contributed by atoms with Crippen LogP contribution >= 0.6 is 0 Å². The van der Waals surface area contributed by atoms with Gasteiger partial charge in [0.2, 0.25) is 0 Å². The third-order valence-electron chi connectivity index (χ3n) is 1.96. The normalized spacial score (nSPS) is 11.9. The van der Waals surface area contributed by atoms with E-state index in [-0.39, 0.29) is 11.9 Å². The third kappa shape index (κ3) is 4.51. The van der Waals surface area contributed by atoms with Crippen LogP contribution in [-0.4, -0.2) is 12.6 Å². The highest BCUT2D eigenvalue weighted by molar-refractivity contribution is 5.87. The molecule has 0 aromatic carbocycles. The van der Waals surface area contributed by atoms with E-state index in [0.717, 1.165) is 5.57 Å². The molecule has 0 aliphatic heterocycles. The molecule has 0 bridgehead atoms. The molecule has 0 aliphatic carbocycles. The maximum absolute atomic E-state index is 11.1. The van der Waals surface area contributed by atoms with Crippen molar-refractivity contribution in [1.29, 1.82) is 0 Å². The number of carbonyl (C=O) groups excluding carboxylic acids is 1. The number of esters is 1. The summed E-state index contributed by atoms with van der Waals surface area (Å²) in [5, 5.41) is 0. The molecule has 0 radical (unpaired) electrons. The molecule has 0 aromatic rings. The summed E-state index contributed by atoms with van der Waals surface area (Å²) < 4.78 is 4.82. The summed E-state index contributed by atoms with van der Waals surface area (Å²) in [5.41, 5.74) is 1.59. The maximum atomic E-state index is 11.1. The molecule has 0 aliphatic rings. The van der Waals surface area contributed by atoms with Crippen molar-refractivity contribution in [3.63, 3.8) is 0 Å². The SMILES string of the molecule is C=C(CC(C)C(=C)C)C(=O)OCC. The maximum Gasteiger partial charge on any atom is 0.333 e. The van der Waals surface area contributed by atoms with E-state index < -0.39 is 0 Å². The average Bonchev–Trinajstić information content (AvgIpc) is 2.04. The lowest BCUT2D eigenvalue weighted by atomic mass is 9.96. The summed E-state index contributed by atoms with van der Waals surface area (Å²) in [4.78, 5) is 11.1. The Kier molecular flexibility index (Phi) is 5.12. The van der Waals surface area contributed by atoms with Crippen molar-refractivity contribution >= 4 is 5.97 Å². The van der Waals surface area contributed by atoms with E-state index in [1.165, 1.54) is 0 Å². The third-order valence-corrected chi connectivity index (χ3v) is 1.96. The van der Waals surface area contributed by atoms with E-state index in [1.807, 2.05) is 13.8 Å². The Morgan fingerprint density at radius 1 is 1.46 bits per heavy atom. The predicted octanol–water partition coefficient (Wildman–Crippen LogP) is 2.71. The fraction of sp³-hybridized carbons (Fsp3) is 0.545. The van der Waals surface area contributed by atoms with Crippen molar-refractivity contribution in [2.45, 2.75) is 27.2 Å². The highest BCUT2D eigenvalue weighted by atomic mass is 16.5. The summed E-state index contributed by atoms with van der Waals surface area (Å²) in [6.45, 7) is 13.7. The van der Waals surface area contributed by atoms with Crippen LogP contribution in [0.1, 0.15) is 27.2 Å². The fourth-order valence-corrected chi connectivity index (χ4v) is 0.860. The molecule has 74 valence electrons. The second-order valence-electron chi connectivity index (χ2n) is 3.28. The van der Waals surface area contributed by atoms with Crippen molar-refractivity contribution in [3.8, 4) is 0 Å². The molecule has 0 saturated heterocycles. The number of rotatable bonds is 5. The highest BCUT2D eigenvalue weighted by Crippen LogP contribution is 2.17. The largest absolute Gasteiger partial charge is 0.463 e. The molecule has 0 N–H and O–H groups in total. The van der Waals surface area contributed by atoms with Gasteiger partial charge in [0.15, 0.2) is 0 Å². The van der Waals surface area contributed by atoms with E-state index >= 15 is 0 Å². The number of carbonyl (C=O) groups is 1. The summed E-state index contributed by atoms with van der Waals surface area (Å²) in [6, 6.07) is 0. The first-order chi connectivity index (χ1) is 5.99. The first kappa shape index (κ1) is 11.9. The summed E-state index contributed by atoms with van der Waals surface area (Å²) >= 11 is 0. The van der Waals surface area contributed by atoms with Gasteiger partial charge < -0.3 is 4.74 Å². The molecule has 0 amide bonds. The Labute approximate surface area is 80.3 Å². The van der Waals surface area contributed by atoms with Crippen LogP contribution < -0.4 is 0 Å². The van der Waals surface area contributed by atoms with Crippen molar-refractivity contribution in [1.82, 2.24) is 0 Å². The minimum Gasteiger partial charge on any atom is -0.463 e. The topological polar surface area (TPSA) is 26.3 Å². The van der Waals surface area contributed by atoms with E-state index in [9.17, 15) is 4.79 Å². The van der Waals surface area contributed by atoms with Gasteiger partial charge in [-0.1, -0.05) is 25.7 Å². The number of allylic oxidation sites excluding steroid dienone is 1. The Morgan fingerprint density at radius 2 is 2.00 bits per heavy atom. The molecular formula is C11H18O2. The molecule has 2 heteroatoms. The van der Waals surface area contributed by atoms with Crippen LogP contribution in [-0.2, 0) is 9.53 Å². The monoisotopic (exact) mass is 182 g/mol. The summed E-state index contributed by atoms with van der Waals surface area (Å²) in [5.74, 6) is -0.00694. The van der Waals surface area contributed by atoms with Gasteiger partial charge in [0.25, 0.3) is 0 Å². The lowest BCUT2D eigenvalue weighted by molar-refractivity contribution is -0.138. The number of ether oxygens (including phenoxy) is 1. The zero-order valence-electron chi connectivity index (χ0n) is 8.72. The standard InChI is InChI=1S/C11H18O2/c1-6-13-11(12)10(5)7-9(4)8(2)3/h9H,2,5-7H2,1,3-4H3. The van der Waals surface area contributed by atoms with Crippen molar-refractivity contribution in [2.24, 2.45) is 5.92 Å². The van der Waals surface area contributed by atoms with Gasteiger partial charge in [-0.3, -0.25) is 0 Å². The quantitative estimate of drug-likeness (QED) is 0.371. The van der Waals surface area contributed by atoms with Gasteiger partial charge in [-0.25, -0.2) is 4.79 Å². The second-order valence-corrected chi connectivity index (χ2v) is 3.28. The molecular weight excluding hydrogens is 164 g/mol. The van der Waals surface area contributed by atoms with Gasteiger partial charge in [-0.05, 0) is 26.2 Å². The van der Waals surface area contributed by atoms with E-state index in [2.05, 4.69) is 13.2 Å².